The summed E-state index contributed by atoms with van der Waals surface area (Å²) in [6.45, 7) is 3.90. The fraction of sp³-hybridized carbons (Fsp3) is 0.414. The van der Waals surface area contributed by atoms with Crippen LogP contribution in [0, 0.1) is 0 Å². The minimum Gasteiger partial charge on any atom is -0.423 e. The van der Waals surface area contributed by atoms with Gasteiger partial charge in [-0.25, -0.2) is 13.4 Å². The summed E-state index contributed by atoms with van der Waals surface area (Å²) in [5.41, 5.74) is 3.04. The number of thiazole rings is 1. The zero-order valence-corrected chi connectivity index (χ0v) is 25.0. The van der Waals surface area contributed by atoms with E-state index in [-0.39, 0.29) is 41.3 Å². The number of Topliss-reactive ketones (excluding diaryl/α,β-unsaturated/α-hetero) is 1. The summed E-state index contributed by atoms with van der Waals surface area (Å²) in [7, 11) is -3.75. The maximum absolute atomic E-state index is 12.8. The van der Waals surface area contributed by atoms with Crippen LogP contribution in [0.15, 0.2) is 46.9 Å². The van der Waals surface area contributed by atoms with Gasteiger partial charge in [0.05, 0.1) is 36.0 Å². The van der Waals surface area contributed by atoms with Crippen LogP contribution in [0.25, 0.3) is 21.3 Å². The van der Waals surface area contributed by atoms with E-state index in [1.54, 1.807) is 24.0 Å². The molecule has 1 aliphatic heterocycles. The van der Waals surface area contributed by atoms with E-state index in [0.29, 0.717) is 50.2 Å². The van der Waals surface area contributed by atoms with Crippen molar-refractivity contribution in [2.45, 2.75) is 44.0 Å². The monoisotopic (exact) mass is 612 g/mol. The Morgan fingerprint density at radius 2 is 1.79 bits per heavy atom. The molecule has 5 rings (SSSR count). The summed E-state index contributed by atoms with van der Waals surface area (Å²) in [5.74, 6) is -0.249. The molecule has 0 aliphatic carbocycles. The largest absolute Gasteiger partial charge is 0.423 e. The van der Waals surface area contributed by atoms with E-state index in [0.717, 1.165) is 22.1 Å². The number of fused-ring (bicyclic) bond motifs is 1. The van der Waals surface area contributed by atoms with Crippen LogP contribution in [0.1, 0.15) is 58.6 Å². The zero-order valence-electron chi connectivity index (χ0n) is 23.4. The molecule has 0 radical (unpaired) electrons. The van der Waals surface area contributed by atoms with Crippen LogP contribution in [0.3, 0.4) is 0 Å². The van der Waals surface area contributed by atoms with E-state index in [1.165, 1.54) is 11.3 Å². The Morgan fingerprint density at radius 3 is 2.48 bits per heavy atom. The first-order chi connectivity index (χ1) is 20.1. The number of aliphatic hydroxyl groups excluding tert-OH is 1. The smallest absolute Gasteiger partial charge is 0.254 e. The number of amides is 1. The third-order valence-corrected chi connectivity index (χ3v) is 9.47. The molecule has 1 aliphatic rings. The summed E-state index contributed by atoms with van der Waals surface area (Å²) in [6, 6.07) is 13.0. The number of sulfone groups is 1. The summed E-state index contributed by atoms with van der Waals surface area (Å²) in [4.78, 5) is 31.4. The maximum atomic E-state index is 12.8. The fourth-order valence-electron chi connectivity index (χ4n) is 4.76. The molecule has 1 saturated heterocycles. The van der Waals surface area contributed by atoms with Crippen molar-refractivity contribution in [1.29, 1.82) is 0 Å². The van der Waals surface area contributed by atoms with Crippen LogP contribution in [-0.4, -0.2) is 84.0 Å². The number of aromatic nitrogens is 3. The van der Waals surface area contributed by atoms with E-state index in [9.17, 15) is 23.1 Å². The number of rotatable bonds is 11. The van der Waals surface area contributed by atoms with Gasteiger partial charge in [-0.05, 0) is 55.2 Å². The molecule has 13 heteroatoms. The number of hydrogen-bond donors (Lipinski definition) is 1. The van der Waals surface area contributed by atoms with Gasteiger partial charge >= 0.3 is 0 Å². The Kier molecular flexibility index (Phi) is 9.11. The lowest BCUT2D eigenvalue weighted by atomic mass is 10.0. The first-order valence-electron chi connectivity index (χ1n) is 13.7. The SMILES string of the molecule is CC(O)CCCC(=O)Cc1nnc(C(c2nc3ccc(-c4ccc(C(=O)N5CCOCC5)cc4)cc3s2)S(C)(=O)=O)o1. The first-order valence-corrected chi connectivity index (χ1v) is 16.4. The van der Waals surface area contributed by atoms with Gasteiger partial charge in [0, 0.05) is 31.3 Å². The van der Waals surface area contributed by atoms with Gasteiger partial charge < -0.3 is 19.2 Å². The summed E-state index contributed by atoms with van der Waals surface area (Å²) < 4.78 is 37.4. The van der Waals surface area contributed by atoms with Gasteiger partial charge in [-0.3, -0.25) is 9.59 Å². The Hall–Kier alpha value is -3.52. The molecule has 2 aromatic heterocycles. The Bertz CT molecular complexity index is 1670. The Labute approximate surface area is 247 Å². The number of ketones is 1. The van der Waals surface area contributed by atoms with Crippen LogP contribution in [-0.2, 0) is 25.8 Å². The van der Waals surface area contributed by atoms with Crippen molar-refractivity contribution in [2.24, 2.45) is 0 Å². The van der Waals surface area contributed by atoms with Gasteiger partial charge in [0.1, 0.15) is 10.8 Å². The Balaban J connectivity index is 1.34. The van der Waals surface area contributed by atoms with E-state index >= 15 is 0 Å². The summed E-state index contributed by atoms with van der Waals surface area (Å²) in [6.07, 6.45) is 1.79. The standard InChI is InChI=1S/C29H32N4O7S2/c1-18(34)4-3-5-22(35)17-25-31-32-27(40-25)26(42(2,37)38)28-30-23-11-10-21(16-24(23)41-28)19-6-8-20(9-7-19)29(36)33-12-14-39-15-13-33/h6-11,16,18,26,34H,3-5,12-15,17H2,1-2H3. The third kappa shape index (κ3) is 7.09. The van der Waals surface area contributed by atoms with Crippen molar-refractivity contribution < 1.29 is 32.3 Å². The molecule has 222 valence electrons. The normalized spacial score (nSPS) is 15.5. The van der Waals surface area contributed by atoms with Gasteiger partial charge in [0.25, 0.3) is 5.91 Å². The number of carbonyl (C=O) groups excluding carboxylic acids is 2. The van der Waals surface area contributed by atoms with Crippen molar-refractivity contribution in [1.82, 2.24) is 20.1 Å². The molecule has 42 heavy (non-hydrogen) atoms. The molecule has 1 N–H and O–H groups in total. The van der Waals surface area contributed by atoms with E-state index in [4.69, 9.17) is 9.15 Å². The maximum Gasteiger partial charge on any atom is 0.254 e. The zero-order chi connectivity index (χ0) is 29.9. The lowest BCUT2D eigenvalue weighted by molar-refractivity contribution is -0.118. The highest BCUT2D eigenvalue weighted by atomic mass is 32.2. The van der Waals surface area contributed by atoms with Crippen molar-refractivity contribution in [2.75, 3.05) is 32.6 Å². The number of ether oxygens (including phenoxy) is 1. The molecular weight excluding hydrogens is 580 g/mol. The molecule has 11 nitrogen and oxygen atoms in total. The lowest BCUT2D eigenvalue weighted by Gasteiger charge is -2.26. The third-order valence-electron chi connectivity index (χ3n) is 6.95. The van der Waals surface area contributed by atoms with Crippen LogP contribution in [0.4, 0.5) is 0 Å². The van der Waals surface area contributed by atoms with Gasteiger partial charge in [-0.2, -0.15) is 0 Å². The Morgan fingerprint density at radius 1 is 1.07 bits per heavy atom. The predicted octanol–water partition coefficient (Wildman–Crippen LogP) is 3.62. The fourth-order valence-corrected chi connectivity index (χ4v) is 7.29. The number of carbonyl (C=O) groups is 2. The van der Waals surface area contributed by atoms with Crippen LogP contribution < -0.4 is 0 Å². The molecule has 3 heterocycles. The topological polar surface area (TPSA) is 153 Å². The van der Waals surface area contributed by atoms with Crippen molar-refractivity contribution in [3.05, 3.63) is 64.8 Å². The highest BCUT2D eigenvalue weighted by Gasteiger charge is 2.34. The van der Waals surface area contributed by atoms with Crippen LogP contribution >= 0.6 is 11.3 Å². The molecule has 1 amide bonds. The van der Waals surface area contributed by atoms with Crippen LogP contribution in [0.2, 0.25) is 0 Å². The van der Waals surface area contributed by atoms with Crippen molar-refractivity contribution in [3.8, 4) is 11.1 Å². The number of morpholine rings is 1. The average molecular weight is 613 g/mol. The molecule has 2 aromatic carbocycles. The second kappa shape index (κ2) is 12.8. The van der Waals surface area contributed by atoms with E-state index < -0.39 is 21.2 Å². The molecule has 2 atom stereocenters. The molecule has 4 aromatic rings. The summed E-state index contributed by atoms with van der Waals surface area (Å²) in [5, 5.41) is 16.2. The van der Waals surface area contributed by atoms with E-state index in [1.807, 2.05) is 30.3 Å². The minimum atomic E-state index is -3.75. The second-order valence-corrected chi connectivity index (χ2v) is 13.6. The van der Waals surface area contributed by atoms with Gasteiger partial charge in [0.15, 0.2) is 15.1 Å². The predicted molar refractivity (Wildman–Crippen MR) is 157 cm³/mol. The lowest BCUT2D eigenvalue weighted by Crippen LogP contribution is -2.40. The summed E-state index contributed by atoms with van der Waals surface area (Å²) >= 11 is 1.22. The molecular formula is C29H32N4O7S2. The highest BCUT2D eigenvalue weighted by Crippen LogP contribution is 2.36. The first kappa shape index (κ1) is 30.0. The quantitative estimate of drug-likeness (QED) is 0.266. The van der Waals surface area contributed by atoms with Gasteiger partial charge in [0.2, 0.25) is 11.8 Å². The van der Waals surface area contributed by atoms with Gasteiger partial charge in [-0.15, -0.1) is 21.5 Å². The number of benzene rings is 2. The molecule has 1 fully saturated rings. The number of aliphatic hydroxyl groups is 1. The molecule has 0 bridgehead atoms. The number of nitrogens with zero attached hydrogens (tertiary/aromatic N) is 4. The van der Waals surface area contributed by atoms with Gasteiger partial charge in [-0.1, -0.05) is 18.2 Å². The highest BCUT2D eigenvalue weighted by molar-refractivity contribution is 7.91. The molecule has 0 spiro atoms. The van der Waals surface area contributed by atoms with Crippen LogP contribution in [0.5, 0.6) is 0 Å². The number of hydrogen-bond acceptors (Lipinski definition) is 11. The molecule has 2 unspecified atom stereocenters. The van der Waals surface area contributed by atoms with E-state index in [2.05, 4.69) is 15.2 Å². The average Bonchev–Trinajstić information content (AvgIpc) is 3.58. The minimum absolute atomic E-state index is 0.0240. The van der Waals surface area contributed by atoms with Crippen molar-refractivity contribution in [3.63, 3.8) is 0 Å². The molecule has 0 saturated carbocycles. The second-order valence-electron chi connectivity index (χ2n) is 10.4. The van der Waals surface area contributed by atoms with Crippen molar-refractivity contribution >= 4 is 43.1 Å².